The maximum atomic E-state index is 15.2. The lowest BCUT2D eigenvalue weighted by molar-refractivity contribution is -0.192. The van der Waals surface area contributed by atoms with Gasteiger partial charge in [0.25, 0.3) is 0 Å². The Morgan fingerprint density at radius 3 is 2.12 bits per heavy atom. The van der Waals surface area contributed by atoms with E-state index in [0.29, 0.717) is 30.8 Å². The van der Waals surface area contributed by atoms with Crippen LogP contribution in [0.25, 0.3) is 11.1 Å². The van der Waals surface area contributed by atoms with E-state index in [1.165, 1.54) is 0 Å². The van der Waals surface area contributed by atoms with Gasteiger partial charge in [0.15, 0.2) is 0 Å². The van der Waals surface area contributed by atoms with Gasteiger partial charge in [-0.25, -0.2) is 23.2 Å². The molecule has 0 aliphatic carbocycles. The van der Waals surface area contributed by atoms with Crippen LogP contribution >= 0.6 is 11.8 Å². The number of alkyl halides is 3. The van der Waals surface area contributed by atoms with Gasteiger partial charge in [-0.15, -0.1) is 11.8 Å². The second-order valence-electron chi connectivity index (χ2n) is 17.2. The molecule has 65 heavy (non-hydrogen) atoms. The van der Waals surface area contributed by atoms with Crippen molar-refractivity contribution in [3.05, 3.63) is 83.7 Å². The Balaban J connectivity index is 0.00000191. The summed E-state index contributed by atoms with van der Waals surface area (Å²) in [6.07, 6.45) is -4.08. The van der Waals surface area contributed by atoms with E-state index < -0.39 is 79.3 Å². The number of amides is 3. The number of hydrogen-bond acceptors (Lipinski definition) is 9. The number of ether oxygens (including phenoxy) is 1. The minimum absolute atomic E-state index is 0.0534. The first-order valence-corrected chi connectivity index (χ1v) is 25.2. The van der Waals surface area contributed by atoms with Crippen LogP contribution in [0.2, 0.25) is 25.7 Å². The van der Waals surface area contributed by atoms with Crippen molar-refractivity contribution >= 4 is 55.7 Å². The van der Waals surface area contributed by atoms with Crippen molar-refractivity contribution in [2.75, 3.05) is 31.2 Å². The molecular formula is C43H58F5N5O10SSi. The molecule has 2 aromatic carbocycles. The molecule has 1 heterocycles. The van der Waals surface area contributed by atoms with Gasteiger partial charge in [-0.1, -0.05) is 70.7 Å². The maximum absolute atomic E-state index is 15.2. The number of carboxylic acids is 3. The number of aliphatic carboxylic acids is 3. The number of alkyl carbamates (subject to hydrolysis) is 1. The van der Waals surface area contributed by atoms with Gasteiger partial charge in [0.1, 0.15) is 23.7 Å². The van der Waals surface area contributed by atoms with Crippen LogP contribution in [0.4, 0.5) is 26.7 Å². The highest BCUT2D eigenvalue weighted by molar-refractivity contribution is 8.00. The van der Waals surface area contributed by atoms with Gasteiger partial charge >= 0.3 is 30.2 Å². The molecule has 7 N–H and O–H groups in total. The summed E-state index contributed by atoms with van der Waals surface area (Å²) in [5.74, 6) is -8.02. The number of halogens is 5. The summed E-state index contributed by atoms with van der Waals surface area (Å²) in [5, 5.41) is 31.1. The summed E-state index contributed by atoms with van der Waals surface area (Å²) in [6, 6.07) is 12.0. The molecule has 0 saturated heterocycles. The summed E-state index contributed by atoms with van der Waals surface area (Å²) in [6.45, 7) is 13.4. The fourth-order valence-electron chi connectivity index (χ4n) is 6.15. The molecule has 0 spiro atoms. The van der Waals surface area contributed by atoms with Crippen molar-refractivity contribution in [1.82, 2.24) is 20.1 Å². The predicted octanol–water partition coefficient (Wildman–Crippen LogP) is 6.98. The lowest BCUT2D eigenvalue weighted by Gasteiger charge is -2.41. The number of carboxylic acid groups (broad SMARTS) is 3. The van der Waals surface area contributed by atoms with Crippen LogP contribution in [0, 0.1) is 17.0 Å². The lowest BCUT2D eigenvalue weighted by atomic mass is 9.83. The number of nitrogens with one attached hydrogen (secondary N) is 2. The van der Waals surface area contributed by atoms with Crippen molar-refractivity contribution in [3.63, 3.8) is 0 Å². The molecule has 3 amide bonds. The number of nitrogens with two attached hydrogens (primary N) is 1. The van der Waals surface area contributed by atoms with Crippen LogP contribution in [0.3, 0.4) is 0 Å². The monoisotopic (exact) mass is 959 g/mol. The molecule has 3 rings (SSSR count). The smallest absolute Gasteiger partial charge is 0.480 e. The number of rotatable bonds is 22. The molecule has 0 fully saturated rings. The third-order valence-corrected chi connectivity index (χ3v) is 12.1. The third-order valence-electron chi connectivity index (χ3n) is 9.41. The normalized spacial score (nSPS) is 13.0. The van der Waals surface area contributed by atoms with Gasteiger partial charge in [-0.2, -0.15) is 13.2 Å². The molecule has 15 nitrogen and oxygen atoms in total. The van der Waals surface area contributed by atoms with Crippen molar-refractivity contribution in [2.45, 2.75) is 96.6 Å². The largest absolute Gasteiger partial charge is 0.490 e. The van der Waals surface area contributed by atoms with Crippen molar-refractivity contribution in [1.29, 1.82) is 0 Å². The van der Waals surface area contributed by atoms with Gasteiger partial charge in [-0.3, -0.25) is 14.4 Å². The van der Waals surface area contributed by atoms with Crippen LogP contribution in [0.5, 0.6) is 0 Å². The molecule has 0 saturated carbocycles. The first kappa shape index (κ1) is 55.6. The highest BCUT2D eigenvalue weighted by atomic mass is 32.2. The van der Waals surface area contributed by atoms with E-state index in [1.54, 1.807) is 17.2 Å². The van der Waals surface area contributed by atoms with Crippen molar-refractivity contribution < 1.29 is 70.8 Å². The number of nitrogens with zero attached hydrogens (tertiary/aromatic N) is 2. The molecule has 0 bridgehead atoms. The summed E-state index contributed by atoms with van der Waals surface area (Å²) in [4.78, 5) is 73.0. The summed E-state index contributed by atoms with van der Waals surface area (Å²) in [5.41, 5.74) is 6.85. The van der Waals surface area contributed by atoms with Crippen molar-refractivity contribution in [3.8, 4) is 11.1 Å². The highest BCUT2D eigenvalue weighted by Crippen LogP contribution is 2.41. The maximum Gasteiger partial charge on any atom is 0.490 e. The van der Waals surface area contributed by atoms with Crippen LogP contribution in [0.15, 0.2) is 60.8 Å². The van der Waals surface area contributed by atoms with Gasteiger partial charge in [0.05, 0.1) is 18.4 Å². The Labute approximate surface area is 379 Å². The van der Waals surface area contributed by atoms with E-state index in [2.05, 4.69) is 30.3 Å². The molecule has 360 valence electrons. The van der Waals surface area contributed by atoms with Gasteiger partial charge in [0.2, 0.25) is 11.8 Å². The predicted molar refractivity (Wildman–Crippen MR) is 237 cm³/mol. The first-order chi connectivity index (χ1) is 30.1. The molecule has 3 aromatic rings. The number of aromatic nitrogens is 1. The highest BCUT2D eigenvalue weighted by Gasteiger charge is 2.39. The first-order valence-electron chi connectivity index (χ1n) is 20.4. The van der Waals surface area contributed by atoms with E-state index in [0.717, 1.165) is 41.6 Å². The molecule has 0 aliphatic heterocycles. The zero-order chi connectivity index (χ0) is 49.3. The molecule has 1 aromatic heterocycles. The van der Waals surface area contributed by atoms with Crippen LogP contribution in [0.1, 0.15) is 57.3 Å². The summed E-state index contributed by atoms with van der Waals surface area (Å²) >= 11 is 0.998. The van der Waals surface area contributed by atoms with E-state index in [4.69, 9.17) is 25.5 Å². The Morgan fingerprint density at radius 1 is 0.938 bits per heavy atom. The van der Waals surface area contributed by atoms with E-state index in [1.807, 2.05) is 55.7 Å². The number of carbonyl (C=O) groups is 6. The van der Waals surface area contributed by atoms with Crippen LogP contribution in [-0.4, -0.2) is 118 Å². The number of thioether (sulfide) groups is 1. The SMILES string of the molecule is CC(C)(C)[C@H](c1cc(-c2cc(F)ccc2F)cn1Cc1ccccc1)N(CCCNC(=O)OCC[Si](C)(C)C)C(=O)CSC[C@H](NC(=O)CC[C@H](N)C(=O)O)C(=O)O.O=C(O)C(F)(F)F. The topological polar surface area (TPSA) is 231 Å². The fraction of sp³-hybridized carbons (Fsp3) is 0.488. The fourth-order valence-corrected chi connectivity index (χ4v) is 7.78. The molecule has 22 heteroatoms. The molecule has 0 radical (unpaired) electrons. The Hall–Kier alpha value is -5.48. The Morgan fingerprint density at radius 2 is 1.57 bits per heavy atom. The summed E-state index contributed by atoms with van der Waals surface area (Å²) < 4.78 is 68.7. The molecule has 0 unspecified atom stereocenters. The Bertz CT molecular complexity index is 2080. The second-order valence-corrected chi connectivity index (χ2v) is 23.9. The summed E-state index contributed by atoms with van der Waals surface area (Å²) in [7, 11) is -1.42. The Kier molecular flexibility index (Phi) is 21.6. The van der Waals surface area contributed by atoms with E-state index >= 15 is 4.39 Å². The quantitative estimate of drug-likeness (QED) is 0.0341. The average molecular weight is 960 g/mol. The van der Waals surface area contributed by atoms with Gasteiger partial charge < -0.3 is 45.9 Å². The third kappa shape index (κ3) is 20.1. The van der Waals surface area contributed by atoms with Gasteiger partial charge in [0, 0.05) is 62.9 Å². The van der Waals surface area contributed by atoms with E-state index in [-0.39, 0.29) is 48.9 Å². The standard InChI is InChI=1S/C41H57F2N5O8SSi.C2HF3O2/c1-41(2,3)37(34-21-28(30-22-29(42)13-14-31(30)43)24-47(34)23-27-11-8-7-9-12-27)48(18-10-17-45-40(55)56-19-20-58(4,5)6)36(50)26-57-25-33(39(53)54)46-35(49)16-15-32(44)38(51)52;3-2(4,5)1(6)7/h7-9,11-14,21-22,24,32-33,37H,10,15-20,23,25-26,44H2,1-6H3,(H,45,55)(H,46,49)(H,51,52)(H,53,54);(H,6,7)/t32-,33-,37-;/m0./s1. The lowest BCUT2D eigenvalue weighted by Crippen LogP contribution is -2.45. The van der Waals surface area contributed by atoms with E-state index in [9.17, 15) is 46.6 Å². The number of benzene rings is 2. The number of hydrogen-bond donors (Lipinski definition) is 6. The zero-order valence-corrected chi connectivity index (χ0v) is 38.9. The van der Waals surface area contributed by atoms with Crippen molar-refractivity contribution in [2.24, 2.45) is 11.1 Å². The minimum Gasteiger partial charge on any atom is -0.480 e. The second kappa shape index (κ2) is 25.3. The molecular weight excluding hydrogens is 902 g/mol. The minimum atomic E-state index is -5.08. The number of carbonyl (C=O) groups excluding carboxylic acids is 3. The average Bonchev–Trinajstić information content (AvgIpc) is 3.59. The van der Waals surface area contributed by atoms with Crippen LogP contribution in [-0.2, 0) is 35.3 Å². The molecule has 0 aliphatic rings. The van der Waals surface area contributed by atoms with Crippen LogP contribution < -0.4 is 16.4 Å². The molecule has 3 atom stereocenters. The zero-order valence-electron chi connectivity index (χ0n) is 37.0. The van der Waals surface area contributed by atoms with Gasteiger partial charge in [-0.05, 0) is 54.1 Å².